The number of esters is 1. The molecule has 0 spiro atoms. The van der Waals surface area contributed by atoms with E-state index in [9.17, 15) is 4.79 Å². The Morgan fingerprint density at radius 3 is 2.56 bits per heavy atom. The topological polar surface area (TPSA) is 58.6 Å². The molecule has 0 bridgehead atoms. The highest BCUT2D eigenvalue weighted by atomic mass is 16.5. The van der Waals surface area contributed by atoms with Gasteiger partial charge >= 0.3 is 5.97 Å². The molecule has 0 atom stereocenters. The number of carbonyl (C=O) groups excluding carboxylic acids is 1. The number of aromatic nitrogens is 2. The van der Waals surface area contributed by atoms with Crippen LogP contribution in [0, 0.1) is 0 Å². The van der Waals surface area contributed by atoms with Crippen molar-refractivity contribution >= 4 is 11.9 Å². The van der Waals surface area contributed by atoms with Crippen molar-refractivity contribution in [2.45, 2.75) is 6.92 Å². The molecule has 6 heteroatoms. The van der Waals surface area contributed by atoms with Gasteiger partial charge < -0.3 is 9.64 Å². The van der Waals surface area contributed by atoms with Crippen molar-refractivity contribution in [2.24, 2.45) is 0 Å². The fourth-order valence-corrected chi connectivity index (χ4v) is 1.95. The van der Waals surface area contributed by atoms with E-state index in [1.807, 2.05) is 6.92 Å². The van der Waals surface area contributed by atoms with E-state index in [1.54, 1.807) is 18.5 Å². The van der Waals surface area contributed by atoms with E-state index in [-0.39, 0.29) is 5.97 Å². The monoisotopic (exact) mass is 250 g/mol. The summed E-state index contributed by atoms with van der Waals surface area (Å²) in [6, 6.07) is 1.81. The van der Waals surface area contributed by atoms with Crippen molar-refractivity contribution in [1.29, 1.82) is 0 Å². The van der Waals surface area contributed by atoms with Gasteiger partial charge in [0.25, 0.3) is 0 Å². The van der Waals surface area contributed by atoms with Crippen molar-refractivity contribution < 1.29 is 9.53 Å². The molecule has 1 aromatic heterocycles. The molecule has 1 saturated heterocycles. The number of anilines is 1. The minimum absolute atomic E-state index is 0.151. The second-order valence-corrected chi connectivity index (χ2v) is 4.12. The van der Waals surface area contributed by atoms with E-state index in [4.69, 9.17) is 4.74 Å². The molecule has 18 heavy (non-hydrogen) atoms. The Bertz CT molecular complexity index is 377. The lowest BCUT2D eigenvalue weighted by atomic mass is 10.3. The van der Waals surface area contributed by atoms with E-state index in [0.717, 1.165) is 32.1 Å². The molecule has 6 nitrogen and oxygen atoms in total. The lowest BCUT2D eigenvalue weighted by Gasteiger charge is -2.33. The summed E-state index contributed by atoms with van der Waals surface area (Å²) >= 11 is 0. The lowest BCUT2D eigenvalue weighted by molar-refractivity contribution is -0.144. The second-order valence-electron chi connectivity index (χ2n) is 4.12. The highest BCUT2D eigenvalue weighted by molar-refractivity contribution is 5.71. The van der Waals surface area contributed by atoms with E-state index in [2.05, 4.69) is 19.8 Å². The Balaban J connectivity index is 1.80. The summed E-state index contributed by atoms with van der Waals surface area (Å²) in [6.07, 6.45) is 3.49. The Morgan fingerprint density at radius 2 is 1.94 bits per heavy atom. The van der Waals surface area contributed by atoms with Gasteiger partial charge in [-0.05, 0) is 13.0 Å². The van der Waals surface area contributed by atoms with Crippen LogP contribution >= 0.6 is 0 Å². The Morgan fingerprint density at radius 1 is 1.28 bits per heavy atom. The van der Waals surface area contributed by atoms with Gasteiger partial charge in [0.05, 0.1) is 13.2 Å². The number of piperazine rings is 1. The van der Waals surface area contributed by atoms with E-state index >= 15 is 0 Å². The molecule has 0 radical (unpaired) electrons. The number of hydrogen-bond donors (Lipinski definition) is 0. The molecular formula is C12H18N4O2. The van der Waals surface area contributed by atoms with Crippen LogP contribution < -0.4 is 4.90 Å². The zero-order valence-corrected chi connectivity index (χ0v) is 10.6. The van der Waals surface area contributed by atoms with Gasteiger partial charge in [-0.2, -0.15) is 0 Å². The van der Waals surface area contributed by atoms with E-state index in [0.29, 0.717) is 13.2 Å². The van der Waals surface area contributed by atoms with Gasteiger partial charge in [0.15, 0.2) is 0 Å². The summed E-state index contributed by atoms with van der Waals surface area (Å²) in [7, 11) is 0. The first kappa shape index (κ1) is 12.8. The first-order valence-electron chi connectivity index (χ1n) is 6.19. The third-order valence-electron chi connectivity index (χ3n) is 2.87. The van der Waals surface area contributed by atoms with Gasteiger partial charge in [-0.1, -0.05) is 0 Å². The highest BCUT2D eigenvalue weighted by Gasteiger charge is 2.20. The molecule has 98 valence electrons. The molecular weight excluding hydrogens is 232 g/mol. The van der Waals surface area contributed by atoms with Crippen LogP contribution in [0.25, 0.3) is 0 Å². The number of ether oxygens (including phenoxy) is 1. The Labute approximate surface area is 107 Å². The average Bonchev–Trinajstić information content (AvgIpc) is 2.41. The van der Waals surface area contributed by atoms with Crippen molar-refractivity contribution in [1.82, 2.24) is 14.9 Å². The fraction of sp³-hybridized carbons (Fsp3) is 0.583. The standard InChI is InChI=1S/C12H18N4O2/c1-2-18-11(17)10-15-6-8-16(9-7-15)12-13-4-3-5-14-12/h3-5H,2,6-10H2,1H3. The molecule has 0 aliphatic carbocycles. The summed E-state index contributed by atoms with van der Waals surface area (Å²) in [5.74, 6) is 0.607. The molecule has 0 saturated carbocycles. The van der Waals surface area contributed by atoms with Crippen LogP contribution in [0.4, 0.5) is 5.95 Å². The van der Waals surface area contributed by atoms with Crippen LogP contribution in [0.1, 0.15) is 6.92 Å². The predicted molar refractivity (Wildman–Crippen MR) is 67.3 cm³/mol. The third-order valence-corrected chi connectivity index (χ3v) is 2.87. The number of rotatable bonds is 4. The van der Waals surface area contributed by atoms with Gasteiger partial charge in [-0.3, -0.25) is 9.69 Å². The first-order chi connectivity index (χ1) is 8.79. The zero-order valence-electron chi connectivity index (χ0n) is 10.6. The second kappa shape index (κ2) is 6.30. The molecule has 0 N–H and O–H groups in total. The minimum Gasteiger partial charge on any atom is -0.465 e. The smallest absolute Gasteiger partial charge is 0.320 e. The van der Waals surface area contributed by atoms with Gasteiger partial charge in [0.1, 0.15) is 0 Å². The molecule has 1 aliphatic rings. The van der Waals surface area contributed by atoms with Crippen LogP contribution in [0.2, 0.25) is 0 Å². The van der Waals surface area contributed by atoms with Crippen LogP contribution in [0.3, 0.4) is 0 Å². The molecule has 1 fully saturated rings. The maximum atomic E-state index is 11.4. The molecule has 0 unspecified atom stereocenters. The van der Waals surface area contributed by atoms with Gasteiger partial charge in [-0.15, -0.1) is 0 Å². The quantitative estimate of drug-likeness (QED) is 0.710. The lowest BCUT2D eigenvalue weighted by Crippen LogP contribution is -2.48. The SMILES string of the molecule is CCOC(=O)CN1CCN(c2ncccn2)CC1. The summed E-state index contributed by atoms with van der Waals surface area (Å²) in [4.78, 5) is 24.0. The molecule has 1 aliphatic heterocycles. The summed E-state index contributed by atoms with van der Waals surface area (Å²) in [5, 5.41) is 0. The van der Waals surface area contributed by atoms with E-state index < -0.39 is 0 Å². The fourth-order valence-electron chi connectivity index (χ4n) is 1.95. The minimum atomic E-state index is -0.151. The van der Waals surface area contributed by atoms with Crippen molar-refractivity contribution in [3.63, 3.8) is 0 Å². The van der Waals surface area contributed by atoms with Gasteiger partial charge in [-0.25, -0.2) is 9.97 Å². The Kier molecular flexibility index (Phi) is 4.46. The van der Waals surface area contributed by atoms with Gasteiger partial charge in [0, 0.05) is 38.6 Å². The normalized spacial score (nSPS) is 16.6. The van der Waals surface area contributed by atoms with Gasteiger partial charge in [0.2, 0.25) is 5.95 Å². The summed E-state index contributed by atoms with van der Waals surface area (Å²) < 4.78 is 4.94. The maximum Gasteiger partial charge on any atom is 0.320 e. The molecule has 1 aromatic rings. The molecule has 2 heterocycles. The predicted octanol–water partition coefficient (Wildman–Crippen LogP) is 0.162. The molecule has 2 rings (SSSR count). The zero-order chi connectivity index (χ0) is 12.8. The summed E-state index contributed by atoms with van der Waals surface area (Å²) in [6.45, 7) is 5.97. The molecule has 0 aromatic carbocycles. The number of carbonyl (C=O) groups is 1. The first-order valence-corrected chi connectivity index (χ1v) is 6.19. The average molecular weight is 250 g/mol. The van der Waals surface area contributed by atoms with Crippen LogP contribution in [-0.4, -0.2) is 60.2 Å². The molecule has 0 amide bonds. The van der Waals surface area contributed by atoms with Crippen LogP contribution in [-0.2, 0) is 9.53 Å². The van der Waals surface area contributed by atoms with Crippen molar-refractivity contribution in [3.05, 3.63) is 18.5 Å². The largest absolute Gasteiger partial charge is 0.465 e. The third kappa shape index (κ3) is 3.40. The highest BCUT2D eigenvalue weighted by Crippen LogP contribution is 2.09. The summed E-state index contributed by atoms with van der Waals surface area (Å²) in [5.41, 5.74) is 0. The maximum absolute atomic E-state index is 11.4. The van der Waals surface area contributed by atoms with E-state index in [1.165, 1.54) is 0 Å². The Hall–Kier alpha value is -1.69. The number of hydrogen-bond acceptors (Lipinski definition) is 6. The number of nitrogens with zero attached hydrogens (tertiary/aromatic N) is 4. The van der Waals surface area contributed by atoms with Crippen molar-refractivity contribution in [2.75, 3.05) is 44.2 Å². The van der Waals surface area contributed by atoms with Crippen molar-refractivity contribution in [3.8, 4) is 0 Å². The van der Waals surface area contributed by atoms with Crippen LogP contribution in [0.15, 0.2) is 18.5 Å². The van der Waals surface area contributed by atoms with Crippen LogP contribution in [0.5, 0.6) is 0 Å².